The van der Waals surface area contributed by atoms with Crippen molar-refractivity contribution in [2.24, 2.45) is 4.99 Å². The van der Waals surface area contributed by atoms with E-state index in [-0.39, 0.29) is 12.3 Å². The minimum Gasteiger partial charge on any atom is -0.550 e. The van der Waals surface area contributed by atoms with Gasteiger partial charge in [-0.2, -0.15) is 0 Å². The van der Waals surface area contributed by atoms with Crippen LogP contribution in [0.25, 0.3) is 11.6 Å². The summed E-state index contributed by atoms with van der Waals surface area (Å²) in [6, 6.07) is 6.09. The second-order valence-electron chi connectivity index (χ2n) is 5.71. The number of hydrogen-bond acceptors (Lipinski definition) is 6. The largest absolute Gasteiger partial charge is 0.550 e. The summed E-state index contributed by atoms with van der Waals surface area (Å²) in [6.45, 7) is 2.44. The Balaban J connectivity index is 1.91. The number of carboxylic acid groups (broad SMARTS) is 1. The Hall–Kier alpha value is -2.25. The number of aliphatic imine (C=N–C) groups is 1. The number of benzene rings is 1. The van der Waals surface area contributed by atoms with Gasteiger partial charge < -0.3 is 15.0 Å². The summed E-state index contributed by atoms with van der Waals surface area (Å²) in [4.78, 5) is 15.7. The second-order valence-corrected chi connectivity index (χ2v) is 7.38. The highest BCUT2D eigenvalue weighted by atomic mass is 32.1. The van der Waals surface area contributed by atoms with E-state index in [1.54, 1.807) is 10.8 Å². The molecule has 2 heterocycles. The molecule has 1 aromatic carbocycles. The van der Waals surface area contributed by atoms with Crippen LogP contribution in [0.15, 0.2) is 23.2 Å². The highest BCUT2D eigenvalue weighted by molar-refractivity contribution is 7.73. The maximum absolute atomic E-state index is 10.5. The summed E-state index contributed by atoms with van der Waals surface area (Å²) in [6.07, 6.45) is 4.88. The van der Waals surface area contributed by atoms with Crippen LogP contribution in [0.4, 0.5) is 5.69 Å². The fourth-order valence-corrected chi connectivity index (χ4v) is 4.12. The third-order valence-electron chi connectivity index (χ3n) is 4.09. The number of allylic oxidation sites excluding steroid dienone is 1. The average Bonchev–Trinajstić information content (AvgIpc) is 3.11. The number of rotatable bonds is 6. The molecule has 1 aliphatic rings. The van der Waals surface area contributed by atoms with Crippen LogP contribution in [0, 0.1) is 3.95 Å². The van der Waals surface area contributed by atoms with Gasteiger partial charge in [-0.15, -0.1) is 11.3 Å². The van der Waals surface area contributed by atoms with Crippen molar-refractivity contribution in [2.45, 2.75) is 32.7 Å². The number of aromatic hydroxyl groups is 1. The van der Waals surface area contributed by atoms with Crippen LogP contribution < -0.4 is 5.11 Å². The van der Waals surface area contributed by atoms with E-state index in [2.05, 4.69) is 18.0 Å². The zero-order valence-electron chi connectivity index (χ0n) is 13.7. The quantitative estimate of drug-likeness (QED) is 0.788. The summed E-state index contributed by atoms with van der Waals surface area (Å²) in [5.74, 6) is -1.04. The molecule has 3 rings (SSSR count). The molecule has 0 atom stereocenters. The lowest BCUT2D eigenvalue weighted by Crippen LogP contribution is -2.22. The number of thiazole rings is 1. The number of aliphatic carboxylic acids is 1. The van der Waals surface area contributed by atoms with Crippen molar-refractivity contribution in [2.75, 3.05) is 0 Å². The van der Waals surface area contributed by atoms with E-state index in [0.29, 0.717) is 21.8 Å². The predicted octanol–water partition coefficient (Wildman–Crippen LogP) is 3.33. The first-order valence-electron chi connectivity index (χ1n) is 8.01. The number of carbonyl (C=O) groups excluding carboxylic acids is 1. The van der Waals surface area contributed by atoms with Gasteiger partial charge in [-0.05, 0) is 43.1 Å². The number of carboxylic acids is 1. The average molecular weight is 373 g/mol. The van der Waals surface area contributed by atoms with Gasteiger partial charge >= 0.3 is 0 Å². The minimum absolute atomic E-state index is 0.0622. The van der Waals surface area contributed by atoms with E-state index in [9.17, 15) is 15.0 Å². The summed E-state index contributed by atoms with van der Waals surface area (Å²) >= 11 is 6.59. The number of aryl methyl sites for hydroxylation is 1. The van der Waals surface area contributed by atoms with E-state index in [0.717, 1.165) is 23.2 Å². The van der Waals surface area contributed by atoms with Gasteiger partial charge in [0.15, 0.2) is 3.95 Å². The molecule has 5 nitrogen and oxygen atoms in total. The summed E-state index contributed by atoms with van der Waals surface area (Å²) in [5.41, 5.74) is 4.14. The second kappa shape index (κ2) is 7.33. The molecule has 2 aromatic rings. The topological polar surface area (TPSA) is 77.7 Å². The molecule has 1 aliphatic heterocycles. The van der Waals surface area contributed by atoms with Gasteiger partial charge in [0.2, 0.25) is 5.88 Å². The van der Waals surface area contributed by atoms with Gasteiger partial charge in [0.25, 0.3) is 0 Å². The van der Waals surface area contributed by atoms with Crippen LogP contribution >= 0.6 is 23.6 Å². The van der Waals surface area contributed by atoms with Gasteiger partial charge in [-0.1, -0.05) is 25.1 Å². The molecule has 0 saturated heterocycles. The van der Waals surface area contributed by atoms with Gasteiger partial charge in [0.05, 0.1) is 10.6 Å². The van der Waals surface area contributed by atoms with Crippen molar-refractivity contribution < 1.29 is 15.0 Å². The van der Waals surface area contributed by atoms with E-state index in [1.807, 2.05) is 18.2 Å². The molecule has 130 valence electrons. The number of hydrogen-bond donors (Lipinski definition) is 1. The molecule has 0 saturated carbocycles. The number of fused-ring (bicyclic) bond motifs is 1. The molecule has 0 fully saturated rings. The van der Waals surface area contributed by atoms with Gasteiger partial charge in [-0.3, -0.25) is 9.56 Å². The highest BCUT2D eigenvalue weighted by Gasteiger charge is 2.17. The zero-order valence-corrected chi connectivity index (χ0v) is 15.3. The highest BCUT2D eigenvalue weighted by Crippen LogP contribution is 2.38. The Bertz CT molecular complexity index is 938. The fourth-order valence-electron chi connectivity index (χ4n) is 2.81. The predicted molar refractivity (Wildman–Crippen MR) is 101 cm³/mol. The zero-order chi connectivity index (χ0) is 18.0. The van der Waals surface area contributed by atoms with Gasteiger partial charge in [-0.25, -0.2) is 0 Å². The monoisotopic (exact) mass is 373 g/mol. The Morgan fingerprint density at radius 3 is 3.00 bits per heavy atom. The molecule has 1 N–H and O–H groups in total. The van der Waals surface area contributed by atoms with Crippen LogP contribution in [0.2, 0.25) is 0 Å². The van der Waals surface area contributed by atoms with E-state index in [1.165, 1.54) is 16.9 Å². The summed E-state index contributed by atoms with van der Waals surface area (Å²) < 4.78 is 2.07. The normalized spacial score (nSPS) is 14.2. The number of para-hydroxylation sites is 1. The van der Waals surface area contributed by atoms with Crippen molar-refractivity contribution in [1.29, 1.82) is 0 Å². The molecule has 0 radical (unpaired) electrons. The van der Waals surface area contributed by atoms with Crippen LogP contribution in [0.3, 0.4) is 0 Å². The van der Waals surface area contributed by atoms with E-state index in [4.69, 9.17) is 12.2 Å². The first-order chi connectivity index (χ1) is 12.0. The number of aromatic nitrogens is 1. The first-order valence-corrected chi connectivity index (χ1v) is 9.24. The van der Waals surface area contributed by atoms with Crippen LogP contribution in [0.1, 0.15) is 35.8 Å². The Kier molecular flexibility index (Phi) is 5.15. The summed E-state index contributed by atoms with van der Waals surface area (Å²) in [7, 11) is 0. The molecule has 7 heteroatoms. The Labute approximate surface area is 154 Å². The molecular formula is C18H17N2O3S2-. The van der Waals surface area contributed by atoms with Gasteiger partial charge in [0.1, 0.15) is 0 Å². The third-order valence-corrected chi connectivity index (χ3v) is 5.47. The SMILES string of the molecule is CCc1cccc2c1N=C/C2=C\c1sc(=S)n(CCCC(=O)[O-])c1O. The van der Waals surface area contributed by atoms with Crippen molar-refractivity contribution >= 4 is 53.1 Å². The molecule has 0 bridgehead atoms. The lowest BCUT2D eigenvalue weighted by atomic mass is 10.0. The minimum atomic E-state index is -1.10. The molecule has 0 amide bonds. The van der Waals surface area contributed by atoms with Crippen molar-refractivity contribution in [3.8, 4) is 5.88 Å². The fraction of sp³-hybridized carbons (Fsp3) is 0.278. The van der Waals surface area contributed by atoms with Gasteiger partial charge in [0, 0.05) is 29.9 Å². The molecule has 0 aliphatic carbocycles. The molecular weight excluding hydrogens is 356 g/mol. The Morgan fingerprint density at radius 1 is 1.48 bits per heavy atom. The molecule has 1 aromatic heterocycles. The van der Waals surface area contributed by atoms with E-state index >= 15 is 0 Å². The van der Waals surface area contributed by atoms with Crippen molar-refractivity contribution in [3.05, 3.63) is 38.2 Å². The first kappa shape index (κ1) is 17.6. The molecule has 0 unspecified atom stereocenters. The smallest absolute Gasteiger partial charge is 0.210 e. The molecule has 0 spiro atoms. The maximum atomic E-state index is 10.5. The summed E-state index contributed by atoms with van der Waals surface area (Å²) in [5, 5.41) is 21.0. The third kappa shape index (κ3) is 3.57. The van der Waals surface area contributed by atoms with Crippen molar-refractivity contribution in [1.82, 2.24) is 4.57 Å². The van der Waals surface area contributed by atoms with Crippen LogP contribution in [-0.2, 0) is 17.8 Å². The van der Waals surface area contributed by atoms with Crippen LogP contribution in [0.5, 0.6) is 5.88 Å². The molecule has 25 heavy (non-hydrogen) atoms. The van der Waals surface area contributed by atoms with Crippen molar-refractivity contribution in [3.63, 3.8) is 0 Å². The number of nitrogens with zero attached hydrogens (tertiary/aromatic N) is 2. The number of carbonyl (C=O) groups is 1. The lowest BCUT2D eigenvalue weighted by molar-refractivity contribution is -0.305. The Morgan fingerprint density at radius 2 is 2.28 bits per heavy atom. The standard InChI is InChI=1S/C18H18N2O3S2/c1-2-11-5-3-6-13-12(10-19-16(11)13)9-14-17(23)20(18(24)25-14)8-4-7-15(21)22/h3,5-6,9-10,23H,2,4,7-8H2,1H3,(H,21,22)/p-1/b12-9+. The van der Waals surface area contributed by atoms with Crippen LogP contribution in [-0.4, -0.2) is 21.9 Å². The van der Waals surface area contributed by atoms with E-state index < -0.39 is 5.97 Å². The lowest BCUT2D eigenvalue weighted by Gasteiger charge is -2.06. The maximum Gasteiger partial charge on any atom is 0.210 e.